The van der Waals surface area contributed by atoms with Crippen LogP contribution in [0.3, 0.4) is 0 Å². The summed E-state index contributed by atoms with van der Waals surface area (Å²) >= 11 is 0. The molecule has 0 unspecified atom stereocenters. The van der Waals surface area contributed by atoms with Crippen molar-refractivity contribution in [1.29, 1.82) is 0 Å². The van der Waals surface area contributed by atoms with E-state index in [4.69, 9.17) is 9.15 Å². The van der Waals surface area contributed by atoms with Crippen molar-refractivity contribution < 1.29 is 9.15 Å². The monoisotopic (exact) mass is 260 g/mol. The third-order valence-electron chi connectivity index (χ3n) is 3.22. The summed E-state index contributed by atoms with van der Waals surface area (Å²) < 4.78 is 11.3. The zero-order chi connectivity index (χ0) is 13.8. The van der Waals surface area contributed by atoms with Gasteiger partial charge in [-0.25, -0.2) is 0 Å². The predicted molar refractivity (Wildman–Crippen MR) is 76.8 cm³/mol. The Balaban J connectivity index is 2.23. The fourth-order valence-corrected chi connectivity index (χ4v) is 2.06. The van der Waals surface area contributed by atoms with Gasteiger partial charge in [-0.05, 0) is 32.4 Å². The lowest BCUT2D eigenvalue weighted by atomic mass is 10.1. The zero-order valence-electron chi connectivity index (χ0n) is 11.7. The molecule has 1 heterocycles. The lowest BCUT2D eigenvalue weighted by Crippen LogP contribution is -2.11. The van der Waals surface area contributed by atoms with Crippen molar-refractivity contribution in [3.8, 4) is 5.75 Å². The van der Waals surface area contributed by atoms with Gasteiger partial charge < -0.3 is 9.15 Å². The second-order valence-corrected chi connectivity index (χ2v) is 4.98. The van der Waals surface area contributed by atoms with Crippen molar-refractivity contribution in [2.45, 2.75) is 46.1 Å². The number of unbranched alkanes of at least 4 members (excludes halogenated alkanes) is 1. The lowest BCUT2D eigenvalue weighted by Gasteiger charge is -2.14. The van der Waals surface area contributed by atoms with E-state index in [0.29, 0.717) is 16.5 Å². The molecule has 0 saturated carbocycles. The number of ether oxygens (including phenoxy) is 1. The molecule has 0 aliphatic heterocycles. The molecule has 0 bridgehead atoms. The molecule has 0 saturated heterocycles. The number of rotatable bonds is 5. The number of fused-ring (bicyclic) bond motifs is 1. The summed E-state index contributed by atoms with van der Waals surface area (Å²) in [6.45, 7) is 5.98. The maximum absolute atomic E-state index is 11.9. The third-order valence-corrected chi connectivity index (χ3v) is 3.22. The van der Waals surface area contributed by atoms with Crippen LogP contribution in [0.15, 0.2) is 33.7 Å². The standard InChI is InChI=1S/C16H20O3/c1-4-5-6-12(3)19-13-7-8-14-15(9-13)18-10-11(2)16(14)17/h7-10,12H,4-6H2,1-3H3/t12-/m1/s1. The Morgan fingerprint density at radius 2 is 2.16 bits per heavy atom. The largest absolute Gasteiger partial charge is 0.491 e. The van der Waals surface area contributed by atoms with Gasteiger partial charge in [-0.3, -0.25) is 4.79 Å². The van der Waals surface area contributed by atoms with E-state index in [-0.39, 0.29) is 11.5 Å². The van der Waals surface area contributed by atoms with Gasteiger partial charge in [-0.1, -0.05) is 19.8 Å². The van der Waals surface area contributed by atoms with Crippen LogP contribution in [0.4, 0.5) is 0 Å². The molecular weight excluding hydrogens is 240 g/mol. The Kier molecular flexibility index (Phi) is 4.25. The Morgan fingerprint density at radius 3 is 2.89 bits per heavy atom. The molecule has 0 N–H and O–H groups in total. The molecule has 1 aromatic heterocycles. The molecule has 19 heavy (non-hydrogen) atoms. The normalized spacial score (nSPS) is 12.6. The molecule has 0 amide bonds. The summed E-state index contributed by atoms with van der Waals surface area (Å²) in [6.07, 6.45) is 5.03. The average Bonchev–Trinajstić information content (AvgIpc) is 2.41. The van der Waals surface area contributed by atoms with Crippen molar-refractivity contribution in [1.82, 2.24) is 0 Å². The fraction of sp³-hybridized carbons (Fsp3) is 0.438. The van der Waals surface area contributed by atoms with E-state index in [1.165, 1.54) is 12.7 Å². The summed E-state index contributed by atoms with van der Waals surface area (Å²) in [4.78, 5) is 11.9. The van der Waals surface area contributed by atoms with Gasteiger partial charge in [0.1, 0.15) is 11.3 Å². The minimum absolute atomic E-state index is 0.0202. The van der Waals surface area contributed by atoms with Gasteiger partial charge in [0.15, 0.2) is 5.43 Å². The molecule has 0 fully saturated rings. The van der Waals surface area contributed by atoms with Crippen LogP contribution >= 0.6 is 0 Å². The fourth-order valence-electron chi connectivity index (χ4n) is 2.06. The molecule has 0 aliphatic carbocycles. The second kappa shape index (κ2) is 5.91. The first kappa shape index (κ1) is 13.7. The molecule has 1 atom stereocenters. The van der Waals surface area contributed by atoms with Crippen LogP contribution in [-0.2, 0) is 0 Å². The van der Waals surface area contributed by atoms with E-state index in [9.17, 15) is 4.79 Å². The van der Waals surface area contributed by atoms with Gasteiger partial charge in [0, 0.05) is 11.6 Å². The molecule has 0 aliphatic rings. The van der Waals surface area contributed by atoms with Crippen LogP contribution in [-0.4, -0.2) is 6.10 Å². The topological polar surface area (TPSA) is 39.4 Å². The van der Waals surface area contributed by atoms with Gasteiger partial charge in [-0.15, -0.1) is 0 Å². The van der Waals surface area contributed by atoms with Gasteiger partial charge >= 0.3 is 0 Å². The Bertz CT molecular complexity index is 613. The van der Waals surface area contributed by atoms with Crippen LogP contribution in [0.5, 0.6) is 5.75 Å². The Morgan fingerprint density at radius 1 is 1.37 bits per heavy atom. The van der Waals surface area contributed by atoms with E-state index in [1.807, 2.05) is 6.07 Å². The summed E-state index contributed by atoms with van der Waals surface area (Å²) in [7, 11) is 0. The van der Waals surface area contributed by atoms with Gasteiger partial charge in [0.25, 0.3) is 0 Å². The Labute approximate surface area is 113 Å². The summed E-state index contributed by atoms with van der Waals surface area (Å²) in [5, 5.41) is 0.605. The number of hydrogen-bond donors (Lipinski definition) is 0. The van der Waals surface area contributed by atoms with Crippen LogP contribution in [0.2, 0.25) is 0 Å². The highest BCUT2D eigenvalue weighted by Gasteiger charge is 2.07. The van der Waals surface area contributed by atoms with E-state index in [0.717, 1.165) is 18.6 Å². The summed E-state index contributed by atoms with van der Waals surface area (Å²) in [5.74, 6) is 0.753. The van der Waals surface area contributed by atoms with Gasteiger partial charge in [0.2, 0.25) is 0 Å². The van der Waals surface area contributed by atoms with E-state index < -0.39 is 0 Å². The molecular formula is C16H20O3. The minimum Gasteiger partial charge on any atom is -0.491 e. The number of aryl methyl sites for hydroxylation is 1. The molecule has 102 valence electrons. The van der Waals surface area contributed by atoms with Crippen molar-refractivity contribution in [3.63, 3.8) is 0 Å². The molecule has 2 aromatic rings. The first-order chi connectivity index (χ1) is 9.11. The molecule has 3 nitrogen and oxygen atoms in total. The third kappa shape index (κ3) is 3.16. The Hall–Kier alpha value is -1.77. The SMILES string of the molecule is CCCC[C@@H](C)Oc1ccc2c(=O)c(C)coc2c1. The van der Waals surface area contributed by atoms with Crippen LogP contribution in [0.1, 0.15) is 38.7 Å². The lowest BCUT2D eigenvalue weighted by molar-refractivity contribution is 0.207. The smallest absolute Gasteiger partial charge is 0.195 e. The molecule has 3 heteroatoms. The molecule has 1 aromatic carbocycles. The van der Waals surface area contributed by atoms with E-state index >= 15 is 0 Å². The quantitative estimate of drug-likeness (QED) is 0.813. The maximum Gasteiger partial charge on any atom is 0.195 e. The van der Waals surface area contributed by atoms with E-state index in [1.54, 1.807) is 19.1 Å². The van der Waals surface area contributed by atoms with Crippen molar-refractivity contribution in [2.24, 2.45) is 0 Å². The van der Waals surface area contributed by atoms with Gasteiger partial charge in [-0.2, -0.15) is 0 Å². The molecule has 0 spiro atoms. The van der Waals surface area contributed by atoms with Crippen molar-refractivity contribution in [3.05, 3.63) is 40.2 Å². The zero-order valence-corrected chi connectivity index (χ0v) is 11.7. The van der Waals surface area contributed by atoms with Crippen LogP contribution < -0.4 is 10.2 Å². The highest BCUT2D eigenvalue weighted by molar-refractivity contribution is 5.78. The molecule has 2 rings (SSSR count). The first-order valence-corrected chi connectivity index (χ1v) is 6.80. The predicted octanol–water partition coefficient (Wildman–Crippen LogP) is 4.06. The maximum atomic E-state index is 11.9. The highest BCUT2D eigenvalue weighted by atomic mass is 16.5. The average molecular weight is 260 g/mol. The van der Waals surface area contributed by atoms with Crippen LogP contribution in [0, 0.1) is 6.92 Å². The van der Waals surface area contributed by atoms with Gasteiger partial charge in [0.05, 0.1) is 17.8 Å². The van der Waals surface area contributed by atoms with Crippen LogP contribution in [0.25, 0.3) is 11.0 Å². The summed E-state index contributed by atoms with van der Waals surface area (Å²) in [6, 6.07) is 5.40. The number of hydrogen-bond acceptors (Lipinski definition) is 3. The van der Waals surface area contributed by atoms with E-state index in [2.05, 4.69) is 13.8 Å². The van der Waals surface area contributed by atoms with Crippen molar-refractivity contribution >= 4 is 11.0 Å². The number of benzene rings is 1. The second-order valence-electron chi connectivity index (χ2n) is 4.98. The highest BCUT2D eigenvalue weighted by Crippen LogP contribution is 2.21. The minimum atomic E-state index is 0.0202. The first-order valence-electron chi connectivity index (χ1n) is 6.80. The summed E-state index contributed by atoms with van der Waals surface area (Å²) in [5.41, 5.74) is 1.22. The molecule has 0 radical (unpaired) electrons. The van der Waals surface area contributed by atoms with Crippen molar-refractivity contribution in [2.75, 3.05) is 0 Å².